The van der Waals surface area contributed by atoms with Crippen molar-refractivity contribution >= 4 is 16.9 Å². The number of hydrogen-bond acceptors (Lipinski definition) is 4. The molecular weight excluding hydrogens is 423 g/mol. The molecule has 0 saturated carbocycles. The van der Waals surface area contributed by atoms with Crippen molar-refractivity contribution in [3.8, 4) is 11.4 Å². The molecule has 1 amide bonds. The predicted octanol–water partition coefficient (Wildman–Crippen LogP) is 3.66. The number of aryl methyl sites for hydroxylation is 2. The number of carbonyl (C=O) groups excluding carboxylic acids is 1. The Morgan fingerprint density at radius 2 is 1.94 bits per heavy atom. The fourth-order valence-corrected chi connectivity index (χ4v) is 3.87. The SMILES string of the molecule is COc1cccc(CNC(=O)CCn2cnc3c(c(C)c(C)n3-c3cccc(F)c3)c2=O)c1. The highest BCUT2D eigenvalue weighted by atomic mass is 19.1. The molecule has 0 saturated heterocycles. The van der Waals surface area contributed by atoms with Gasteiger partial charge >= 0.3 is 0 Å². The fraction of sp³-hybridized carbons (Fsp3) is 0.240. The van der Waals surface area contributed by atoms with E-state index < -0.39 is 0 Å². The minimum atomic E-state index is -0.361. The third kappa shape index (κ3) is 4.50. The first kappa shape index (κ1) is 22.3. The molecule has 0 aliphatic rings. The van der Waals surface area contributed by atoms with Crippen molar-refractivity contribution in [1.29, 1.82) is 0 Å². The summed E-state index contributed by atoms with van der Waals surface area (Å²) < 4.78 is 22.2. The largest absolute Gasteiger partial charge is 0.497 e. The molecule has 33 heavy (non-hydrogen) atoms. The summed E-state index contributed by atoms with van der Waals surface area (Å²) in [7, 11) is 1.59. The normalized spacial score (nSPS) is 11.0. The topological polar surface area (TPSA) is 78.2 Å². The van der Waals surface area contributed by atoms with Crippen LogP contribution < -0.4 is 15.6 Å². The number of hydrogen-bond donors (Lipinski definition) is 1. The van der Waals surface area contributed by atoms with Crippen LogP contribution in [0.5, 0.6) is 5.75 Å². The molecule has 0 radical (unpaired) electrons. The Balaban J connectivity index is 1.52. The molecule has 0 atom stereocenters. The Labute approximate surface area is 190 Å². The predicted molar refractivity (Wildman–Crippen MR) is 124 cm³/mol. The van der Waals surface area contributed by atoms with Crippen molar-refractivity contribution in [2.75, 3.05) is 7.11 Å². The molecule has 2 heterocycles. The minimum Gasteiger partial charge on any atom is -0.497 e. The van der Waals surface area contributed by atoms with E-state index in [2.05, 4.69) is 10.3 Å². The fourth-order valence-electron chi connectivity index (χ4n) is 3.87. The summed E-state index contributed by atoms with van der Waals surface area (Å²) in [4.78, 5) is 30.0. The lowest BCUT2D eigenvalue weighted by Crippen LogP contribution is -2.27. The monoisotopic (exact) mass is 448 g/mol. The van der Waals surface area contributed by atoms with Gasteiger partial charge in [-0.05, 0) is 55.3 Å². The molecule has 8 heteroatoms. The Morgan fingerprint density at radius 1 is 1.15 bits per heavy atom. The molecule has 0 fully saturated rings. The summed E-state index contributed by atoms with van der Waals surface area (Å²) in [5.74, 6) is 0.193. The van der Waals surface area contributed by atoms with Crippen molar-refractivity contribution in [3.63, 3.8) is 0 Å². The van der Waals surface area contributed by atoms with Gasteiger partial charge in [-0.3, -0.25) is 18.7 Å². The van der Waals surface area contributed by atoms with Crippen LogP contribution in [0.4, 0.5) is 4.39 Å². The highest BCUT2D eigenvalue weighted by Gasteiger charge is 2.18. The Bertz CT molecular complexity index is 1390. The van der Waals surface area contributed by atoms with Gasteiger partial charge in [0.25, 0.3) is 5.56 Å². The van der Waals surface area contributed by atoms with Gasteiger partial charge in [0.1, 0.15) is 11.6 Å². The van der Waals surface area contributed by atoms with Gasteiger partial charge in [-0.1, -0.05) is 18.2 Å². The van der Waals surface area contributed by atoms with E-state index in [4.69, 9.17) is 4.74 Å². The van der Waals surface area contributed by atoms with Crippen LogP contribution in [0.15, 0.2) is 59.7 Å². The third-order valence-corrected chi connectivity index (χ3v) is 5.75. The van der Waals surface area contributed by atoms with E-state index in [9.17, 15) is 14.0 Å². The smallest absolute Gasteiger partial charge is 0.263 e. The van der Waals surface area contributed by atoms with Crippen LogP contribution in [-0.2, 0) is 17.9 Å². The summed E-state index contributed by atoms with van der Waals surface area (Å²) in [6.45, 7) is 4.30. The zero-order valence-corrected chi connectivity index (χ0v) is 18.8. The summed E-state index contributed by atoms with van der Waals surface area (Å²) in [5.41, 5.74) is 3.37. The molecule has 1 N–H and O–H groups in total. The molecule has 4 rings (SSSR count). The average molecular weight is 448 g/mol. The molecule has 0 aliphatic heterocycles. The number of ether oxygens (including phenoxy) is 1. The van der Waals surface area contributed by atoms with Crippen LogP contribution >= 0.6 is 0 Å². The lowest BCUT2D eigenvalue weighted by molar-refractivity contribution is -0.121. The van der Waals surface area contributed by atoms with E-state index in [1.54, 1.807) is 23.8 Å². The van der Waals surface area contributed by atoms with E-state index in [0.717, 1.165) is 22.6 Å². The first-order chi connectivity index (χ1) is 15.9. The standard InChI is InChI=1S/C25H25FN4O3/c1-16-17(2)30(20-8-5-7-19(26)13-20)24-23(16)25(32)29(15-28-24)11-10-22(31)27-14-18-6-4-9-21(12-18)33-3/h4-9,12-13,15H,10-11,14H2,1-3H3,(H,27,31). The van der Waals surface area contributed by atoms with Gasteiger partial charge < -0.3 is 10.1 Å². The molecule has 2 aromatic carbocycles. The van der Waals surface area contributed by atoms with Gasteiger partial charge in [0.05, 0.1) is 24.5 Å². The van der Waals surface area contributed by atoms with Crippen molar-refractivity contribution in [3.05, 3.63) is 87.9 Å². The van der Waals surface area contributed by atoms with Crippen LogP contribution in [0.25, 0.3) is 16.7 Å². The second-order valence-electron chi connectivity index (χ2n) is 7.85. The molecule has 0 unspecified atom stereocenters. The maximum absolute atomic E-state index is 13.8. The molecule has 2 aromatic heterocycles. The van der Waals surface area contributed by atoms with Gasteiger partial charge in [0.2, 0.25) is 5.91 Å². The highest BCUT2D eigenvalue weighted by molar-refractivity contribution is 5.83. The molecule has 0 bridgehead atoms. The van der Waals surface area contributed by atoms with Crippen LogP contribution in [0.3, 0.4) is 0 Å². The number of nitrogens with one attached hydrogen (secondary N) is 1. The van der Waals surface area contributed by atoms with Crippen LogP contribution in [0, 0.1) is 19.7 Å². The molecule has 7 nitrogen and oxygen atoms in total. The highest BCUT2D eigenvalue weighted by Crippen LogP contribution is 2.25. The first-order valence-corrected chi connectivity index (χ1v) is 10.6. The number of rotatable bonds is 7. The van der Waals surface area contributed by atoms with E-state index in [1.165, 1.54) is 23.0 Å². The maximum Gasteiger partial charge on any atom is 0.263 e. The number of halogens is 1. The van der Waals surface area contributed by atoms with Gasteiger partial charge in [0, 0.05) is 25.2 Å². The number of carbonyl (C=O) groups is 1. The van der Waals surface area contributed by atoms with Crippen molar-refractivity contribution in [2.24, 2.45) is 0 Å². The Morgan fingerprint density at radius 3 is 2.70 bits per heavy atom. The number of amides is 1. The number of benzene rings is 2. The zero-order valence-electron chi connectivity index (χ0n) is 18.8. The summed E-state index contributed by atoms with van der Waals surface area (Å²) in [5, 5.41) is 3.33. The van der Waals surface area contributed by atoms with Gasteiger partial charge in [0.15, 0.2) is 5.65 Å². The Kier molecular flexibility index (Phi) is 6.26. The quantitative estimate of drug-likeness (QED) is 0.468. The number of fused-ring (bicyclic) bond motifs is 1. The molecule has 0 aliphatic carbocycles. The first-order valence-electron chi connectivity index (χ1n) is 10.6. The van der Waals surface area contributed by atoms with Gasteiger partial charge in [-0.2, -0.15) is 0 Å². The number of nitrogens with zero attached hydrogens (tertiary/aromatic N) is 3. The van der Waals surface area contributed by atoms with Crippen LogP contribution in [0.2, 0.25) is 0 Å². The molecule has 0 spiro atoms. The molecule has 4 aromatic rings. The second-order valence-corrected chi connectivity index (χ2v) is 7.85. The van der Waals surface area contributed by atoms with Crippen molar-refractivity contribution in [1.82, 2.24) is 19.4 Å². The van der Waals surface area contributed by atoms with E-state index in [-0.39, 0.29) is 30.2 Å². The zero-order chi connectivity index (χ0) is 23.5. The number of methoxy groups -OCH3 is 1. The maximum atomic E-state index is 13.8. The molecule has 170 valence electrons. The average Bonchev–Trinajstić information content (AvgIpc) is 3.07. The lowest BCUT2D eigenvalue weighted by atomic mass is 10.2. The summed E-state index contributed by atoms with van der Waals surface area (Å²) >= 11 is 0. The second kappa shape index (κ2) is 9.28. The van der Waals surface area contributed by atoms with E-state index in [0.29, 0.717) is 23.3 Å². The van der Waals surface area contributed by atoms with E-state index >= 15 is 0 Å². The van der Waals surface area contributed by atoms with Crippen LogP contribution in [-0.4, -0.2) is 27.1 Å². The summed E-state index contributed by atoms with van der Waals surface area (Å²) in [6.07, 6.45) is 1.58. The summed E-state index contributed by atoms with van der Waals surface area (Å²) in [6, 6.07) is 13.6. The minimum absolute atomic E-state index is 0.139. The number of aromatic nitrogens is 3. The molecular formula is C25H25FN4O3. The van der Waals surface area contributed by atoms with Crippen LogP contribution in [0.1, 0.15) is 23.2 Å². The van der Waals surface area contributed by atoms with Gasteiger partial charge in [-0.15, -0.1) is 0 Å². The van der Waals surface area contributed by atoms with E-state index in [1.807, 2.05) is 38.1 Å². The lowest BCUT2D eigenvalue weighted by Gasteiger charge is -2.09. The van der Waals surface area contributed by atoms with Gasteiger partial charge in [-0.25, -0.2) is 9.37 Å². The Hall–Kier alpha value is -3.94. The van der Waals surface area contributed by atoms with Crippen molar-refractivity contribution < 1.29 is 13.9 Å². The third-order valence-electron chi connectivity index (χ3n) is 5.75. The van der Waals surface area contributed by atoms with Crippen molar-refractivity contribution in [2.45, 2.75) is 33.4 Å².